The molecule has 0 rings (SSSR count). The van der Waals surface area contributed by atoms with Crippen molar-refractivity contribution in [3.63, 3.8) is 0 Å². The molecule has 1 N–H and O–H groups in total. The van der Waals surface area contributed by atoms with E-state index in [0.717, 1.165) is 5.82 Å². The summed E-state index contributed by atoms with van der Waals surface area (Å²) in [5.41, 5.74) is 0. The predicted molar refractivity (Wildman–Crippen MR) is 47.2 cm³/mol. The third-order valence-corrected chi connectivity index (χ3v) is 2.89. The number of hydrogen-bond acceptors (Lipinski definition) is 4. The Bertz CT molecular complexity index is 186. The maximum absolute atomic E-state index is 11.5. The van der Waals surface area contributed by atoms with E-state index in [4.69, 9.17) is 14.2 Å². The summed E-state index contributed by atoms with van der Waals surface area (Å²) in [4.78, 5) is 0. The molecule has 0 aromatic heterocycles. The van der Waals surface area contributed by atoms with Gasteiger partial charge in [-0.3, -0.25) is 4.57 Å². The van der Waals surface area contributed by atoms with Crippen molar-refractivity contribution in [2.75, 3.05) is 13.2 Å². The second-order valence-corrected chi connectivity index (χ2v) is 4.00. The molecule has 0 aromatic rings. The molecule has 72 valence electrons. The number of aliphatic hydroxyl groups excluding tert-OH is 1. The van der Waals surface area contributed by atoms with Gasteiger partial charge in [0, 0.05) is 0 Å². The zero-order valence-corrected chi connectivity index (χ0v) is 8.51. The Morgan fingerprint density at radius 3 is 2.08 bits per heavy atom. The number of allylic oxidation sites excluding steroid dienone is 1. The van der Waals surface area contributed by atoms with E-state index in [-0.39, 0.29) is 5.76 Å². The Kier molecular flexibility index (Phi) is 5.22. The van der Waals surface area contributed by atoms with Crippen LogP contribution in [0.3, 0.4) is 0 Å². The molecule has 5 heteroatoms. The summed E-state index contributed by atoms with van der Waals surface area (Å²) in [6, 6.07) is 0. The van der Waals surface area contributed by atoms with Crippen molar-refractivity contribution in [3.8, 4) is 0 Å². The summed E-state index contributed by atoms with van der Waals surface area (Å²) in [5, 5.41) is 8.87. The fourth-order valence-corrected chi connectivity index (χ4v) is 2.10. The molecule has 0 saturated carbocycles. The van der Waals surface area contributed by atoms with Crippen molar-refractivity contribution in [1.29, 1.82) is 0 Å². The topological polar surface area (TPSA) is 55.8 Å². The van der Waals surface area contributed by atoms with Crippen molar-refractivity contribution >= 4 is 7.60 Å². The van der Waals surface area contributed by atoms with Crippen LogP contribution in [-0.2, 0) is 13.6 Å². The van der Waals surface area contributed by atoms with Crippen molar-refractivity contribution < 1.29 is 18.7 Å². The zero-order chi connectivity index (χ0) is 9.61. The van der Waals surface area contributed by atoms with Crippen LogP contribution < -0.4 is 0 Å². The standard InChI is InChI=1S/C7H15O4P/c1-4-10-12(9,11-5-2)6-7(3)8/h6,8H,4-5H2,1-3H3/b7-6-. The third-order valence-electron chi connectivity index (χ3n) is 0.963. The van der Waals surface area contributed by atoms with Gasteiger partial charge >= 0.3 is 7.60 Å². The van der Waals surface area contributed by atoms with Crippen LogP contribution in [0.25, 0.3) is 0 Å². The van der Waals surface area contributed by atoms with Gasteiger partial charge in [-0.25, -0.2) is 0 Å². The molecule has 0 heterocycles. The van der Waals surface area contributed by atoms with E-state index in [1.165, 1.54) is 6.92 Å². The van der Waals surface area contributed by atoms with E-state index in [0.29, 0.717) is 13.2 Å². The van der Waals surface area contributed by atoms with Crippen LogP contribution in [0.4, 0.5) is 0 Å². The first-order valence-electron chi connectivity index (χ1n) is 3.81. The molecule has 12 heavy (non-hydrogen) atoms. The highest BCUT2D eigenvalue weighted by Gasteiger charge is 2.20. The van der Waals surface area contributed by atoms with Crippen molar-refractivity contribution in [1.82, 2.24) is 0 Å². The molecule has 4 nitrogen and oxygen atoms in total. The molecule has 0 fully saturated rings. The molecule has 0 aliphatic carbocycles. The summed E-state index contributed by atoms with van der Waals surface area (Å²) in [6.45, 7) is 5.44. The Hall–Kier alpha value is -0.310. The zero-order valence-electron chi connectivity index (χ0n) is 7.61. The third kappa shape index (κ3) is 4.54. The van der Waals surface area contributed by atoms with E-state index in [9.17, 15) is 4.57 Å². The quantitative estimate of drug-likeness (QED) is 0.540. The highest BCUT2D eigenvalue weighted by molar-refractivity contribution is 7.57. The lowest BCUT2D eigenvalue weighted by Crippen LogP contribution is -1.93. The lowest BCUT2D eigenvalue weighted by molar-refractivity contribution is 0.227. The molecular weight excluding hydrogens is 179 g/mol. The summed E-state index contributed by atoms with van der Waals surface area (Å²) < 4.78 is 21.3. The normalized spacial score (nSPS) is 13.4. The van der Waals surface area contributed by atoms with Crippen molar-refractivity contribution in [2.45, 2.75) is 20.8 Å². The molecule has 0 radical (unpaired) electrons. The number of aliphatic hydroxyl groups is 1. The minimum atomic E-state index is -3.19. The molecule has 0 spiro atoms. The van der Waals surface area contributed by atoms with Gasteiger partial charge in [0.2, 0.25) is 0 Å². The van der Waals surface area contributed by atoms with E-state index in [1.807, 2.05) is 0 Å². The first-order valence-corrected chi connectivity index (χ1v) is 5.42. The maximum Gasteiger partial charge on any atom is 0.357 e. The largest absolute Gasteiger partial charge is 0.512 e. The van der Waals surface area contributed by atoms with E-state index >= 15 is 0 Å². The first kappa shape index (κ1) is 11.7. The molecule has 0 atom stereocenters. The van der Waals surface area contributed by atoms with Crippen LogP contribution in [0.15, 0.2) is 11.6 Å². The van der Waals surface area contributed by atoms with Crippen LogP contribution in [0.5, 0.6) is 0 Å². The smallest absolute Gasteiger partial charge is 0.357 e. The molecule has 0 unspecified atom stereocenters. The number of hydrogen-bond donors (Lipinski definition) is 1. The molecule has 0 aliphatic rings. The lowest BCUT2D eigenvalue weighted by Gasteiger charge is -2.12. The van der Waals surface area contributed by atoms with Gasteiger partial charge < -0.3 is 14.2 Å². The van der Waals surface area contributed by atoms with Crippen LogP contribution in [0, 0.1) is 0 Å². The molecule has 0 aromatic carbocycles. The Morgan fingerprint density at radius 2 is 1.83 bits per heavy atom. The predicted octanol–water partition coefficient (Wildman–Crippen LogP) is 2.67. The van der Waals surface area contributed by atoms with Gasteiger partial charge in [-0.15, -0.1) is 0 Å². The Labute approximate surface area is 72.7 Å². The molecule has 0 bridgehead atoms. The fourth-order valence-electron chi connectivity index (χ4n) is 0.701. The first-order chi connectivity index (χ1) is 5.54. The van der Waals surface area contributed by atoms with Gasteiger partial charge in [-0.1, -0.05) is 0 Å². The highest BCUT2D eigenvalue weighted by atomic mass is 31.2. The fraction of sp³-hybridized carbons (Fsp3) is 0.714. The SMILES string of the molecule is CCOP(=O)(/C=C(/C)O)OCC. The van der Waals surface area contributed by atoms with E-state index < -0.39 is 7.60 Å². The van der Waals surface area contributed by atoms with Gasteiger partial charge in [-0.2, -0.15) is 0 Å². The van der Waals surface area contributed by atoms with Gasteiger partial charge in [0.05, 0.1) is 24.8 Å². The van der Waals surface area contributed by atoms with Gasteiger partial charge in [0.25, 0.3) is 0 Å². The second kappa shape index (κ2) is 5.36. The van der Waals surface area contributed by atoms with Crippen LogP contribution in [0.1, 0.15) is 20.8 Å². The van der Waals surface area contributed by atoms with Crippen LogP contribution in [-0.4, -0.2) is 18.3 Å². The Morgan fingerprint density at radius 1 is 1.42 bits per heavy atom. The van der Waals surface area contributed by atoms with Crippen LogP contribution >= 0.6 is 7.60 Å². The number of rotatable bonds is 5. The summed E-state index contributed by atoms with van der Waals surface area (Å²) >= 11 is 0. The molecule has 0 amide bonds. The summed E-state index contributed by atoms with van der Waals surface area (Å²) in [6.07, 6.45) is 0. The average molecular weight is 194 g/mol. The Balaban J connectivity index is 4.40. The van der Waals surface area contributed by atoms with E-state index in [2.05, 4.69) is 0 Å². The van der Waals surface area contributed by atoms with E-state index in [1.54, 1.807) is 13.8 Å². The van der Waals surface area contributed by atoms with Gasteiger partial charge in [-0.05, 0) is 20.8 Å². The molecular formula is C7H15O4P. The lowest BCUT2D eigenvalue weighted by atomic mass is 10.7. The van der Waals surface area contributed by atoms with Gasteiger partial charge in [0.1, 0.15) is 0 Å². The molecule has 0 aliphatic heterocycles. The van der Waals surface area contributed by atoms with Crippen LogP contribution in [0.2, 0.25) is 0 Å². The highest BCUT2D eigenvalue weighted by Crippen LogP contribution is 2.50. The summed E-state index contributed by atoms with van der Waals surface area (Å²) in [7, 11) is -3.19. The van der Waals surface area contributed by atoms with Crippen molar-refractivity contribution in [3.05, 3.63) is 11.6 Å². The maximum atomic E-state index is 11.5. The van der Waals surface area contributed by atoms with Gasteiger partial charge in [0.15, 0.2) is 0 Å². The average Bonchev–Trinajstić information content (AvgIpc) is 1.85. The second-order valence-electron chi connectivity index (χ2n) is 2.15. The van der Waals surface area contributed by atoms with Crippen molar-refractivity contribution in [2.24, 2.45) is 0 Å². The monoisotopic (exact) mass is 194 g/mol. The minimum Gasteiger partial charge on any atom is -0.512 e. The minimum absolute atomic E-state index is 0.0553. The molecule has 0 saturated heterocycles. The summed E-state index contributed by atoms with van der Waals surface area (Å²) in [5.74, 6) is 1.06.